The normalized spacial score (nSPS) is 14.0. The maximum atomic E-state index is 12.4. The first-order valence-corrected chi connectivity index (χ1v) is 12.1. The van der Waals surface area contributed by atoms with Crippen LogP contribution in [0.4, 0.5) is 5.69 Å². The smallest absolute Gasteiger partial charge is 0.240 e. The van der Waals surface area contributed by atoms with E-state index in [2.05, 4.69) is 38.6 Å². The Kier molecular flexibility index (Phi) is 5.73. The van der Waals surface area contributed by atoms with Gasteiger partial charge in [0.1, 0.15) is 0 Å². The van der Waals surface area contributed by atoms with Crippen molar-refractivity contribution in [3.05, 3.63) is 24.3 Å². The molecule has 0 fully saturated rings. The van der Waals surface area contributed by atoms with Crippen molar-refractivity contribution in [1.82, 2.24) is 4.72 Å². The van der Waals surface area contributed by atoms with E-state index in [4.69, 9.17) is 10.2 Å². The summed E-state index contributed by atoms with van der Waals surface area (Å²) in [6, 6.07) is 6.26. The molecule has 0 saturated carbocycles. The van der Waals surface area contributed by atoms with Crippen LogP contribution in [0.3, 0.4) is 0 Å². The lowest BCUT2D eigenvalue weighted by Crippen LogP contribution is -2.51. The number of anilines is 1. The van der Waals surface area contributed by atoms with E-state index in [9.17, 15) is 8.42 Å². The van der Waals surface area contributed by atoms with Gasteiger partial charge in [0.25, 0.3) is 0 Å². The molecule has 0 bridgehead atoms. The number of nitrogens with two attached hydrogens (primary N) is 1. The van der Waals surface area contributed by atoms with Crippen molar-refractivity contribution < 1.29 is 12.8 Å². The second-order valence-corrected chi connectivity index (χ2v) is 14.5. The number of nitrogens with one attached hydrogen (secondary N) is 1. The van der Waals surface area contributed by atoms with Crippen molar-refractivity contribution in [3.8, 4) is 0 Å². The minimum absolute atomic E-state index is 0.0665. The number of benzene rings is 1. The van der Waals surface area contributed by atoms with Gasteiger partial charge in [-0.3, -0.25) is 0 Å². The van der Waals surface area contributed by atoms with E-state index in [0.717, 1.165) is 0 Å². The first-order valence-electron chi connectivity index (χ1n) is 7.72. The van der Waals surface area contributed by atoms with Crippen LogP contribution in [0.1, 0.15) is 34.6 Å². The van der Waals surface area contributed by atoms with Crippen LogP contribution in [-0.4, -0.2) is 28.9 Å². The van der Waals surface area contributed by atoms with Gasteiger partial charge >= 0.3 is 0 Å². The predicted molar refractivity (Wildman–Crippen MR) is 98.4 cm³/mol. The highest BCUT2D eigenvalue weighted by Crippen LogP contribution is 2.39. The van der Waals surface area contributed by atoms with E-state index in [1.807, 2.05) is 13.8 Å². The van der Waals surface area contributed by atoms with Gasteiger partial charge in [0.05, 0.1) is 10.5 Å². The molecule has 0 aliphatic carbocycles. The molecule has 0 heterocycles. The quantitative estimate of drug-likeness (QED) is 0.603. The summed E-state index contributed by atoms with van der Waals surface area (Å²) < 4.78 is 33.7. The molecule has 23 heavy (non-hydrogen) atoms. The summed E-state index contributed by atoms with van der Waals surface area (Å²) in [4.78, 5) is 0.167. The van der Waals surface area contributed by atoms with E-state index in [-0.39, 0.29) is 16.5 Å². The number of hydrogen-bond donors (Lipinski definition) is 2. The summed E-state index contributed by atoms with van der Waals surface area (Å²) >= 11 is 0. The van der Waals surface area contributed by atoms with E-state index in [1.165, 1.54) is 12.1 Å². The van der Waals surface area contributed by atoms with Crippen molar-refractivity contribution in [2.75, 3.05) is 12.3 Å². The summed E-state index contributed by atoms with van der Waals surface area (Å²) in [5, 5.41) is 0.0665. The van der Waals surface area contributed by atoms with Gasteiger partial charge in [0, 0.05) is 12.2 Å². The molecular formula is C16H30N2O3SSi. The predicted octanol–water partition coefficient (Wildman–Crippen LogP) is 3.35. The van der Waals surface area contributed by atoms with Gasteiger partial charge in [-0.15, -0.1) is 0 Å². The van der Waals surface area contributed by atoms with Crippen LogP contribution in [0.2, 0.25) is 18.1 Å². The number of rotatable bonds is 6. The highest BCUT2D eigenvalue weighted by atomic mass is 32.2. The number of nitrogen functional groups attached to an aromatic ring is 1. The summed E-state index contributed by atoms with van der Waals surface area (Å²) in [5.41, 5.74) is 5.49. The Labute approximate surface area is 141 Å². The molecule has 0 unspecified atom stereocenters. The van der Waals surface area contributed by atoms with Crippen LogP contribution in [-0.2, 0) is 14.4 Å². The SMILES string of the molecule is CC(C)(CNS(=O)(=O)c1cccc(N)c1)O[Si](C)(C)C(C)(C)C. The fourth-order valence-electron chi connectivity index (χ4n) is 1.91. The molecule has 0 amide bonds. The zero-order valence-electron chi connectivity index (χ0n) is 15.2. The average molecular weight is 359 g/mol. The molecule has 0 radical (unpaired) electrons. The van der Waals surface area contributed by atoms with Gasteiger partial charge in [-0.05, 0) is 50.2 Å². The molecule has 0 atom stereocenters. The summed E-state index contributed by atoms with van der Waals surface area (Å²) in [5.74, 6) is 0. The standard InChI is InChI=1S/C16H30N2O3SSi/c1-15(2,3)23(6,7)21-16(4,5)12-18-22(19,20)14-10-8-9-13(17)11-14/h8-11,18H,12,17H2,1-7H3. The zero-order valence-corrected chi connectivity index (χ0v) is 17.0. The highest BCUT2D eigenvalue weighted by molar-refractivity contribution is 7.89. The van der Waals surface area contributed by atoms with Crippen molar-refractivity contribution >= 4 is 24.0 Å². The van der Waals surface area contributed by atoms with Crippen LogP contribution < -0.4 is 10.5 Å². The fourth-order valence-corrected chi connectivity index (χ4v) is 4.93. The molecule has 3 N–H and O–H groups in total. The molecule has 0 aliphatic heterocycles. The molecule has 0 aliphatic rings. The van der Waals surface area contributed by atoms with Gasteiger partial charge in [0.2, 0.25) is 10.0 Å². The largest absolute Gasteiger partial charge is 0.411 e. The molecule has 5 nitrogen and oxygen atoms in total. The van der Waals surface area contributed by atoms with Gasteiger partial charge < -0.3 is 10.2 Å². The topological polar surface area (TPSA) is 81.4 Å². The Hall–Kier alpha value is -0.893. The van der Waals surface area contributed by atoms with Crippen LogP contribution in [0.25, 0.3) is 0 Å². The lowest BCUT2D eigenvalue weighted by atomic mass is 10.1. The van der Waals surface area contributed by atoms with Gasteiger partial charge in [-0.1, -0.05) is 26.8 Å². The van der Waals surface area contributed by atoms with E-state index >= 15 is 0 Å². The van der Waals surface area contributed by atoms with Crippen LogP contribution >= 0.6 is 0 Å². The lowest BCUT2D eigenvalue weighted by molar-refractivity contribution is 0.0965. The molecule has 7 heteroatoms. The molecule has 0 aromatic heterocycles. The van der Waals surface area contributed by atoms with E-state index < -0.39 is 23.9 Å². The first-order chi connectivity index (χ1) is 10.2. The number of hydrogen-bond acceptors (Lipinski definition) is 4. The van der Waals surface area contributed by atoms with Crippen molar-refractivity contribution in [2.24, 2.45) is 0 Å². The van der Waals surface area contributed by atoms with Crippen LogP contribution in [0, 0.1) is 0 Å². The second-order valence-electron chi connectivity index (χ2n) is 8.02. The van der Waals surface area contributed by atoms with Crippen LogP contribution in [0.5, 0.6) is 0 Å². The minimum Gasteiger partial charge on any atom is -0.411 e. The highest BCUT2D eigenvalue weighted by Gasteiger charge is 2.41. The Morgan fingerprint density at radius 2 is 1.74 bits per heavy atom. The third-order valence-corrected chi connectivity index (χ3v) is 10.3. The third-order valence-electron chi connectivity index (χ3n) is 4.19. The molecular weight excluding hydrogens is 328 g/mol. The summed E-state index contributed by atoms with van der Waals surface area (Å²) in [6.07, 6.45) is 0. The molecule has 0 saturated heterocycles. The minimum atomic E-state index is -3.60. The molecule has 1 aromatic rings. The number of sulfonamides is 1. The Balaban J connectivity index is 2.83. The van der Waals surface area contributed by atoms with Crippen molar-refractivity contribution in [1.29, 1.82) is 0 Å². The molecule has 1 rings (SSSR count). The Morgan fingerprint density at radius 1 is 1.17 bits per heavy atom. The summed E-state index contributed by atoms with van der Waals surface area (Å²) in [6.45, 7) is 14.8. The molecule has 1 aromatic carbocycles. The zero-order chi connectivity index (χ0) is 18.1. The van der Waals surface area contributed by atoms with E-state index in [0.29, 0.717) is 5.69 Å². The molecule has 132 valence electrons. The van der Waals surface area contributed by atoms with Gasteiger partial charge in [0.15, 0.2) is 8.32 Å². The van der Waals surface area contributed by atoms with Gasteiger partial charge in [-0.25, -0.2) is 13.1 Å². The van der Waals surface area contributed by atoms with E-state index in [1.54, 1.807) is 12.1 Å². The Morgan fingerprint density at radius 3 is 2.22 bits per heavy atom. The Bertz CT molecular complexity index is 650. The summed E-state index contributed by atoms with van der Waals surface area (Å²) in [7, 11) is -5.58. The maximum absolute atomic E-state index is 12.4. The molecule has 0 spiro atoms. The van der Waals surface area contributed by atoms with Crippen molar-refractivity contribution in [2.45, 2.75) is 63.2 Å². The monoisotopic (exact) mass is 358 g/mol. The van der Waals surface area contributed by atoms with Gasteiger partial charge in [-0.2, -0.15) is 0 Å². The first kappa shape index (κ1) is 20.2. The maximum Gasteiger partial charge on any atom is 0.240 e. The average Bonchev–Trinajstić information content (AvgIpc) is 2.34. The van der Waals surface area contributed by atoms with Crippen LogP contribution in [0.15, 0.2) is 29.2 Å². The fraction of sp³-hybridized carbons (Fsp3) is 0.625. The second kappa shape index (κ2) is 6.55. The van der Waals surface area contributed by atoms with Crippen molar-refractivity contribution in [3.63, 3.8) is 0 Å². The third kappa shape index (κ3) is 5.60. The lowest BCUT2D eigenvalue weighted by Gasteiger charge is -2.42.